The molecule has 1 atom stereocenters. The molecule has 0 aromatic heterocycles. The zero-order valence-corrected chi connectivity index (χ0v) is 8.16. The number of methoxy groups -OCH3 is 1. The van der Waals surface area contributed by atoms with Crippen molar-refractivity contribution >= 4 is 11.9 Å². The molecule has 14 heavy (non-hydrogen) atoms. The van der Waals surface area contributed by atoms with Gasteiger partial charge in [0, 0.05) is 6.42 Å². The molecule has 0 aliphatic rings. The fourth-order valence-electron chi connectivity index (χ4n) is 1.17. The molecule has 0 saturated carbocycles. The average molecular weight is 206 g/mol. The van der Waals surface area contributed by atoms with Crippen LogP contribution in [0.4, 0.5) is 4.39 Å². The van der Waals surface area contributed by atoms with Crippen LogP contribution in [0.15, 0.2) is 0 Å². The first-order valence-electron chi connectivity index (χ1n) is 4.47. The molecule has 0 aromatic rings. The Bertz CT molecular complexity index is 193. The van der Waals surface area contributed by atoms with E-state index in [9.17, 15) is 14.0 Å². The van der Waals surface area contributed by atoms with Gasteiger partial charge in [0.05, 0.1) is 19.7 Å². The lowest BCUT2D eigenvalue weighted by Gasteiger charge is -2.11. The van der Waals surface area contributed by atoms with E-state index in [1.165, 1.54) is 7.11 Å². The number of rotatable bonds is 7. The normalized spacial score (nSPS) is 12.1. The van der Waals surface area contributed by atoms with Gasteiger partial charge in [-0.15, -0.1) is 0 Å². The maximum atomic E-state index is 11.9. The zero-order chi connectivity index (χ0) is 11.0. The van der Waals surface area contributed by atoms with Gasteiger partial charge in [-0.2, -0.15) is 0 Å². The summed E-state index contributed by atoms with van der Waals surface area (Å²) in [5, 5.41) is 8.42. The molecule has 0 aliphatic heterocycles. The van der Waals surface area contributed by atoms with E-state index in [1.54, 1.807) is 0 Å². The highest BCUT2D eigenvalue weighted by Gasteiger charge is 2.19. The Morgan fingerprint density at radius 3 is 2.50 bits per heavy atom. The number of carboxylic acids is 1. The summed E-state index contributed by atoms with van der Waals surface area (Å²) in [6.07, 6.45) is 0.726. The first kappa shape index (κ1) is 12.9. The van der Waals surface area contributed by atoms with E-state index >= 15 is 0 Å². The third-order valence-corrected chi connectivity index (χ3v) is 1.93. The van der Waals surface area contributed by atoms with Crippen LogP contribution in [0.1, 0.15) is 25.7 Å². The number of hydrogen-bond donors (Lipinski definition) is 1. The molecule has 0 bridgehead atoms. The summed E-state index contributed by atoms with van der Waals surface area (Å²) in [6, 6.07) is 0. The Morgan fingerprint density at radius 2 is 2.07 bits per heavy atom. The molecule has 0 aromatic carbocycles. The standard InChI is InChI=1S/C9H15FO4/c1-14-9(13)7(3-2-6-10)4-5-8(11)12/h7H,2-6H2,1H3,(H,11,12). The molecule has 4 nitrogen and oxygen atoms in total. The van der Waals surface area contributed by atoms with Crippen molar-refractivity contribution in [1.82, 2.24) is 0 Å². The van der Waals surface area contributed by atoms with Crippen LogP contribution < -0.4 is 0 Å². The summed E-state index contributed by atoms with van der Waals surface area (Å²) in [5.41, 5.74) is 0. The minimum Gasteiger partial charge on any atom is -0.481 e. The number of esters is 1. The number of hydrogen-bond acceptors (Lipinski definition) is 3. The van der Waals surface area contributed by atoms with E-state index < -0.39 is 24.5 Å². The van der Waals surface area contributed by atoms with Gasteiger partial charge in [-0.05, 0) is 19.3 Å². The van der Waals surface area contributed by atoms with Crippen molar-refractivity contribution in [3.05, 3.63) is 0 Å². The number of ether oxygens (including phenoxy) is 1. The molecule has 0 fully saturated rings. The summed E-state index contributed by atoms with van der Waals surface area (Å²) in [5.74, 6) is -1.91. The highest BCUT2D eigenvalue weighted by Crippen LogP contribution is 2.15. The molecule has 0 rings (SSSR count). The molecule has 0 amide bonds. The van der Waals surface area contributed by atoms with Crippen molar-refractivity contribution < 1.29 is 23.8 Å². The van der Waals surface area contributed by atoms with E-state index in [0.717, 1.165) is 0 Å². The molecule has 0 spiro atoms. The topological polar surface area (TPSA) is 63.6 Å². The van der Waals surface area contributed by atoms with Crippen molar-refractivity contribution in [1.29, 1.82) is 0 Å². The van der Waals surface area contributed by atoms with Gasteiger partial charge < -0.3 is 9.84 Å². The van der Waals surface area contributed by atoms with Crippen LogP contribution in [0.25, 0.3) is 0 Å². The van der Waals surface area contributed by atoms with Gasteiger partial charge in [-0.3, -0.25) is 14.0 Å². The summed E-state index contributed by atoms with van der Waals surface area (Å²) >= 11 is 0. The fourth-order valence-corrected chi connectivity index (χ4v) is 1.17. The van der Waals surface area contributed by atoms with E-state index in [4.69, 9.17) is 5.11 Å². The number of carboxylic acid groups (broad SMARTS) is 1. The first-order chi connectivity index (χ1) is 6.61. The summed E-state index contributed by atoms with van der Waals surface area (Å²) in [4.78, 5) is 21.4. The van der Waals surface area contributed by atoms with Crippen LogP contribution in [0.2, 0.25) is 0 Å². The van der Waals surface area contributed by atoms with Crippen LogP contribution in [0.5, 0.6) is 0 Å². The Morgan fingerprint density at radius 1 is 1.43 bits per heavy atom. The lowest BCUT2D eigenvalue weighted by molar-refractivity contribution is -0.146. The molecular formula is C9H15FO4. The largest absolute Gasteiger partial charge is 0.481 e. The minimum absolute atomic E-state index is 0.0912. The van der Waals surface area contributed by atoms with Crippen LogP contribution in [0.3, 0.4) is 0 Å². The first-order valence-corrected chi connectivity index (χ1v) is 4.47. The second-order valence-electron chi connectivity index (χ2n) is 2.98. The van der Waals surface area contributed by atoms with Crippen LogP contribution in [-0.2, 0) is 14.3 Å². The van der Waals surface area contributed by atoms with E-state index in [0.29, 0.717) is 6.42 Å². The lowest BCUT2D eigenvalue weighted by Crippen LogP contribution is -2.17. The van der Waals surface area contributed by atoms with E-state index in [-0.39, 0.29) is 19.3 Å². The van der Waals surface area contributed by atoms with E-state index in [2.05, 4.69) is 4.74 Å². The maximum absolute atomic E-state index is 11.9. The maximum Gasteiger partial charge on any atom is 0.308 e. The second kappa shape index (κ2) is 7.29. The van der Waals surface area contributed by atoms with Crippen molar-refractivity contribution in [2.75, 3.05) is 13.8 Å². The van der Waals surface area contributed by atoms with Gasteiger partial charge in [0.15, 0.2) is 0 Å². The summed E-state index contributed by atoms with van der Waals surface area (Å²) in [6.45, 7) is -0.499. The predicted octanol–water partition coefficient (Wildman–Crippen LogP) is 1.39. The zero-order valence-electron chi connectivity index (χ0n) is 8.16. The molecule has 0 aliphatic carbocycles. The lowest BCUT2D eigenvalue weighted by atomic mass is 9.98. The second-order valence-corrected chi connectivity index (χ2v) is 2.98. The Balaban J connectivity index is 3.96. The monoisotopic (exact) mass is 206 g/mol. The Hall–Kier alpha value is -1.13. The Labute approximate surface area is 82.1 Å². The summed E-state index contributed by atoms with van der Waals surface area (Å²) < 4.78 is 16.3. The highest BCUT2D eigenvalue weighted by molar-refractivity contribution is 5.73. The molecule has 0 heterocycles. The van der Waals surface area contributed by atoms with Gasteiger partial charge in [-0.25, -0.2) is 0 Å². The van der Waals surface area contributed by atoms with Gasteiger partial charge in [-0.1, -0.05) is 0 Å². The van der Waals surface area contributed by atoms with Gasteiger partial charge in [0.2, 0.25) is 0 Å². The quantitative estimate of drug-likeness (QED) is 0.639. The van der Waals surface area contributed by atoms with Crippen molar-refractivity contribution in [2.45, 2.75) is 25.7 Å². The number of alkyl halides is 1. The number of aliphatic carboxylic acids is 1. The fraction of sp³-hybridized carbons (Fsp3) is 0.778. The van der Waals surface area contributed by atoms with Crippen LogP contribution in [0, 0.1) is 5.92 Å². The van der Waals surface area contributed by atoms with Crippen LogP contribution in [-0.4, -0.2) is 30.8 Å². The smallest absolute Gasteiger partial charge is 0.308 e. The van der Waals surface area contributed by atoms with Gasteiger partial charge in [0.1, 0.15) is 0 Å². The summed E-state index contributed by atoms with van der Waals surface area (Å²) in [7, 11) is 1.24. The molecule has 5 heteroatoms. The molecule has 1 unspecified atom stereocenters. The van der Waals surface area contributed by atoms with Crippen molar-refractivity contribution in [3.63, 3.8) is 0 Å². The van der Waals surface area contributed by atoms with Crippen molar-refractivity contribution in [3.8, 4) is 0 Å². The Kier molecular flexibility index (Phi) is 6.70. The number of carbonyl (C=O) groups is 2. The molecular weight excluding hydrogens is 191 g/mol. The molecule has 1 N–H and O–H groups in total. The predicted molar refractivity (Wildman–Crippen MR) is 47.6 cm³/mol. The average Bonchev–Trinajstić information content (AvgIpc) is 2.16. The molecule has 0 saturated heterocycles. The number of halogens is 1. The molecule has 82 valence electrons. The third kappa shape index (κ3) is 5.50. The van der Waals surface area contributed by atoms with Gasteiger partial charge in [0.25, 0.3) is 0 Å². The number of carbonyl (C=O) groups excluding carboxylic acids is 1. The molecule has 0 radical (unpaired) electrons. The minimum atomic E-state index is -0.959. The SMILES string of the molecule is COC(=O)C(CCCF)CCC(=O)O. The van der Waals surface area contributed by atoms with Crippen LogP contribution >= 0.6 is 0 Å². The highest BCUT2D eigenvalue weighted by atomic mass is 19.1. The van der Waals surface area contributed by atoms with E-state index in [1.807, 2.05) is 0 Å². The van der Waals surface area contributed by atoms with Gasteiger partial charge >= 0.3 is 11.9 Å². The third-order valence-electron chi connectivity index (χ3n) is 1.93. The van der Waals surface area contributed by atoms with Crippen molar-refractivity contribution in [2.24, 2.45) is 5.92 Å².